The lowest BCUT2D eigenvalue weighted by atomic mass is 9.79. The van der Waals surface area contributed by atoms with Gasteiger partial charge in [0.15, 0.2) is 0 Å². The number of amidine groups is 1. The maximum Gasteiger partial charge on any atom is 0.249 e. The second-order valence-corrected chi connectivity index (χ2v) is 6.90. The maximum absolute atomic E-state index is 12.1. The molecule has 0 saturated carbocycles. The van der Waals surface area contributed by atoms with Crippen LogP contribution in [0.15, 0.2) is 40.7 Å². The summed E-state index contributed by atoms with van der Waals surface area (Å²) in [6.45, 7) is 13.1. The number of hydrogen-bond donors (Lipinski definition) is 4. The summed E-state index contributed by atoms with van der Waals surface area (Å²) < 4.78 is 0. The first-order valence-electron chi connectivity index (χ1n) is 8.24. The van der Waals surface area contributed by atoms with Crippen LogP contribution in [0.5, 0.6) is 0 Å². The predicted molar refractivity (Wildman–Crippen MR) is 100.0 cm³/mol. The maximum atomic E-state index is 12.1. The molecule has 24 heavy (non-hydrogen) atoms. The number of nitrogens with zero attached hydrogens (tertiary/aromatic N) is 1. The molecule has 1 aliphatic rings. The van der Waals surface area contributed by atoms with Crippen molar-refractivity contribution >= 4 is 11.7 Å². The van der Waals surface area contributed by atoms with E-state index < -0.39 is 0 Å². The van der Waals surface area contributed by atoms with Crippen molar-refractivity contribution in [2.45, 2.75) is 40.5 Å². The van der Waals surface area contributed by atoms with Gasteiger partial charge in [0.05, 0.1) is 0 Å². The highest BCUT2D eigenvalue weighted by Crippen LogP contribution is 2.29. The smallest absolute Gasteiger partial charge is 0.249 e. The van der Waals surface area contributed by atoms with Gasteiger partial charge < -0.3 is 16.1 Å². The number of amides is 1. The molecule has 1 rings (SSSR count). The topological polar surface area (TPSA) is 91.5 Å². The van der Waals surface area contributed by atoms with Crippen LogP contribution >= 0.6 is 0 Å². The Kier molecular flexibility index (Phi) is 7.22. The first-order chi connectivity index (χ1) is 11.2. The zero-order chi connectivity index (χ0) is 18.3. The van der Waals surface area contributed by atoms with Crippen LogP contribution in [0.2, 0.25) is 0 Å². The number of nitrogens with two attached hydrogens (primary N) is 1. The molecule has 1 unspecified atom stereocenters. The Morgan fingerprint density at radius 3 is 2.79 bits per heavy atom. The average molecular weight is 333 g/mol. The van der Waals surface area contributed by atoms with Gasteiger partial charge in [0, 0.05) is 43.4 Å². The Bertz CT molecular complexity index is 572. The van der Waals surface area contributed by atoms with Gasteiger partial charge in [-0.25, -0.2) is 0 Å². The van der Waals surface area contributed by atoms with Crippen molar-refractivity contribution in [1.82, 2.24) is 16.1 Å². The number of aliphatic imine (C=N–C) groups is 1. The largest absolute Gasteiger partial charge is 0.355 e. The van der Waals surface area contributed by atoms with E-state index in [4.69, 9.17) is 10.8 Å². The Morgan fingerprint density at radius 1 is 1.54 bits per heavy atom. The van der Waals surface area contributed by atoms with E-state index in [2.05, 4.69) is 55.6 Å². The molecule has 0 saturated heterocycles. The van der Waals surface area contributed by atoms with E-state index in [9.17, 15) is 4.79 Å². The van der Waals surface area contributed by atoms with Crippen LogP contribution in [0.25, 0.3) is 0 Å². The van der Waals surface area contributed by atoms with Gasteiger partial charge in [-0.05, 0) is 18.3 Å². The third-order valence-corrected chi connectivity index (χ3v) is 4.53. The number of allylic oxidation sites excluding steroid dienone is 3. The summed E-state index contributed by atoms with van der Waals surface area (Å²) in [5.41, 5.74) is 4.61. The van der Waals surface area contributed by atoms with Crippen LogP contribution in [0.4, 0.5) is 0 Å². The molecule has 0 aromatic rings. The van der Waals surface area contributed by atoms with E-state index in [1.165, 1.54) is 0 Å². The Labute approximate surface area is 145 Å². The number of rotatable bonds is 4. The third kappa shape index (κ3) is 5.53. The first-order valence-corrected chi connectivity index (χ1v) is 8.24. The molecule has 6 heteroatoms. The predicted octanol–water partition coefficient (Wildman–Crippen LogP) is 1.98. The van der Waals surface area contributed by atoms with Crippen LogP contribution in [-0.4, -0.2) is 25.3 Å². The minimum atomic E-state index is -0.176. The SMILES string of the molecule is C=C1C/C=C\C(C)C(C)(C)CN=C(C/C(C(=O)NC)=C(/C)NN)N1. The van der Waals surface area contributed by atoms with Gasteiger partial charge in [-0.3, -0.25) is 15.6 Å². The molecule has 134 valence electrons. The highest BCUT2D eigenvalue weighted by Gasteiger charge is 2.25. The molecule has 5 N–H and O–H groups in total. The lowest BCUT2D eigenvalue weighted by Gasteiger charge is -2.29. The molecule has 1 heterocycles. The summed E-state index contributed by atoms with van der Waals surface area (Å²) in [6, 6.07) is 0. The fraction of sp³-hybridized carbons (Fsp3) is 0.556. The van der Waals surface area contributed by atoms with Crippen molar-refractivity contribution in [2.75, 3.05) is 13.6 Å². The number of carbonyl (C=O) groups is 1. The number of hydrazine groups is 1. The van der Waals surface area contributed by atoms with E-state index >= 15 is 0 Å². The second-order valence-electron chi connectivity index (χ2n) is 6.90. The normalized spacial score (nSPS) is 23.3. The van der Waals surface area contributed by atoms with Crippen molar-refractivity contribution in [3.8, 4) is 0 Å². The minimum Gasteiger partial charge on any atom is -0.355 e. The average Bonchev–Trinajstić information content (AvgIpc) is 2.54. The van der Waals surface area contributed by atoms with Gasteiger partial charge in [-0.1, -0.05) is 39.5 Å². The highest BCUT2D eigenvalue weighted by atomic mass is 16.1. The van der Waals surface area contributed by atoms with Crippen LogP contribution < -0.4 is 21.9 Å². The van der Waals surface area contributed by atoms with Crippen LogP contribution in [-0.2, 0) is 4.79 Å². The Morgan fingerprint density at radius 2 is 2.21 bits per heavy atom. The molecule has 0 bridgehead atoms. The summed E-state index contributed by atoms with van der Waals surface area (Å²) >= 11 is 0. The van der Waals surface area contributed by atoms with E-state index in [1.807, 2.05) is 0 Å². The second kappa shape index (κ2) is 8.68. The molecule has 0 aromatic heterocycles. The quantitative estimate of drug-likeness (QED) is 0.274. The Hall–Kier alpha value is -2.08. The molecule has 0 aromatic carbocycles. The Balaban J connectivity index is 3.13. The molecule has 1 amide bonds. The zero-order valence-corrected chi connectivity index (χ0v) is 15.5. The number of likely N-dealkylation sites (N-methyl/N-ethyl adjacent to an activating group) is 1. The molecule has 0 radical (unpaired) electrons. The molecule has 1 atom stereocenters. The summed E-state index contributed by atoms with van der Waals surface area (Å²) in [6.07, 6.45) is 5.44. The molecule has 1 aliphatic heterocycles. The third-order valence-electron chi connectivity index (χ3n) is 4.53. The van der Waals surface area contributed by atoms with E-state index in [0.717, 1.165) is 18.0 Å². The van der Waals surface area contributed by atoms with Gasteiger partial charge in [0.2, 0.25) is 5.91 Å². The van der Waals surface area contributed by atoms with Gasteiger partial charge in [-0.2, -0.15) is 0 Å². The van der Waals surface area contributed by atoms with Crippen LogP contribution in [0.1, 0.15) is 40.5 Å². The highest BCUT2D eigenvalue weighted by molar-refractivity contribution is 6.00. The zero-order valence-electron chi connectivity index (χ0n) is 15.5. The van der Waals surface area contributed by atoms with Crippen LogP contribution in [0, 0.1) is 11.3 Å². The van der Waals surface area contributed by atoms with Crippen LogP contribution in [0.3, 0.4) is 0 Å². The molecular weight excluding hydrogens is 302 g/mol. The fourth-order valence-corrected chi connectivity index (χ4v) is 2.30. The van der Waals surface area contributed by atoms with Gasteiger partial charge in [-0.15, -0.1) is 0 Å². The standard InChI is InChI=1S/C18H31N5O/c1-12-8-7-9-13(2)22-16(21-11-18(12,4)5)10-15(14(3)23-19)17(24)20-6/h7-8,12,23H,2,9-11,19H2,1,3-6H3,(H,20,24)(H,21,22)/b8-7-,15-14+. The van der Waals surface area contributed by atoms with Gasteiger partial charge >= 0.3 is 0 Å². The van der Waals surface area contributed by atoms with E-state index in [1.54, 1.807) is 14.0 Å². The fourth-order valence-electron chi connectivity index (χ4n) is 2.30. The van der Waals surface area contributed by atoms with Gasteiger partial charge in [0.25, 0.3) is 0 Å². The van der Waals surface area contributed by atoms with Gasteiger partial charge in [0.1, 0.15) is 5.84 Å². The first kappa shape index (κ1) is 20.0. The molecule has 0 fully saturated rings. The number of nitrogens with one attached hydrogen (secondary N) is 3. The summed E-state index contributed by atoms with van der Waals surface area (Å²) in [5.74, 6) is 6.43. The summed E-state index contributed by atoms with van der Waals surface area (Å²) in [4.78, 5) is 16.9. The molecule has 0 spiro atoms. The minimum absolute atomic E-state index is 0.0279. The number of carbonyl (C=O) groups excluding carboxylic acids is 1. The monoisotopic (exact) mass is 333 g/mol. The lowest BCUT2D eigenvalue weighted by Crippen LogP contribution is -2.33. The van der Waals surface area contributed by atoms with Crippen molar-refractivity contribution < 1.29 is 4.79 Å². The van der Waals surface area contributed by atoms with Crippen molar-refractivity contribution in [3.05, 3.63) is 35.7 Å². The molecular formula is C18H31N5O. The van der Waals surface area contributed by atoms with E-state index in [-0.39, 0.29) is 11.3 Å². The van der Waals surface area contributed by atoms with Crippen molar-refractivity contribution in [3.63, 3.8) is 0 Å². The lowest BCUT2D eigenvalue weighted by molar-refractivity contribution is -0.117. The summed E-state index contributed by atoms with van der Waals surface area (Å²) in [7, 11) is 1.60. The van der Waals surface area contributed by atoms with Crippen molar-refractivity contribution in [1.29, 1.82) is 0 Å². The summed E-state index contributed by atoms with van der Waals surface area (Å²) in [5, 5.41) is 5.90. The molecule has 6 nitrogen and oxygen atoms in total. The van der Waals surface area contributed by atoms with E-state index in [0.29, 0.717) is 30.2 Å². The molecule has 0 aliphatic carbocycles. The number of hydrogen-bond acceptors (Lipinski definition) is 5. The van der Waals surface area contributed by atoms with Crippen molar-refractivity contribution in [2.24, 2.45) is 22.2 Å².